The predicted molar refractivity (Wildman–Crippen MR) is 129 cm³/mol. The molecule has 1 N–H and O–H groups in total. The molecule has 1 fully saturated rings. The van der Waals surface area contributed by atoms with Crippen molar-refractivity contribution in [1.82, 2.24) is 14.9 Å². The van der Waals surface area contributed by atoms with Crippen molar-refractivity contribution in [3.05, 3.63) is 53.7 Å². The minimum atomic E-state index is -4.73. The van der Waals surface area contributed by atoms with Gasteiger partial charge in [-0.05, 0) is 69.3 Å². The second-order valence-electron chi connectivity index (χ2n) is 8.72. The van der Waals surface area contributed by atoms with Crippen molar-refractivity contribution in [2.75, 3.05) is 43.4 Å². The number of nitrogens with one attached hydrogen (secondary N) is 1. The van der Waals surface area contributed by atoms with Crippen molar-refractivity contribution >= 4 is 28.4 Å². The van der Waals surface area contributed by atoms with Crippen LogP contribution in [0.4, 0.5) is 24.8 Å². The fraction of sp³-hybridized carbons (Fsp3) is 0.400. The quantitative estimate of drug-likeness (QED) is 0.550. The maximum absolute atomic E-state index is 12.5. The fourth-order valence-corrected chi connectivity index (χ4v) is 4.07. The summed E-state index contributed by atoms with van der Waals surface area (Å²) < 4.78 is 40.7. The first-order chi connectivity index (χ1) is 16.7. The molecule has 4 rings (SSSR count). The molecule has 1 aromatic heterocycles. The van der Waals surface area contributed by atoms with Crippen molar-refractivity contribution in [2.24, 2.45) is 0 Å². The van der Waals surface area contributed by atoms with Gasteiger partial charge in [-0.1, -0.05) is 12.1 Å². The van der Waals surface area contributed by atoms with Gasteiger partial charge in [0.1, 0.15) is 5.75 Å². The van der Waals surface area contributed by atoms with Crippen LogP contribution in [0, 0.1) is 6.92 Å². The van der Waals surface area contributed by atoms with E-state index in [4.69, 9.17) is 9.97 Å². The lowest BCUT2D eigenvalue weighted by atomic mass is 10.1. The van der Waals surface area contributed by atoms with Crippen LogP contribution in [0.25, 0.3) is 10.9 Å². The van der Waals surface area contributed by atoms with Crippen molar-refractivity contribution in [2.45, 2.75) is 32.5 Å². The average Bonchev–Trinajstić information content (AvgIpc) is 3.02. The molecule has 0 atom stereocenters. The monoisotopic (exact) mass is 487 g/mol. The number of alkyl halides is 3. The Hall–Kier alpha value is -3.40. The minimum Gasteiger partial charge on any atom is -0.406 e. The van der Waals surface area contributed by atoms with E-state index in [9.17, 15) is 18.0 Å². The molecule has 1 amide bonds. The zero-order valence-electron chi connectivity index (χ0n) is 19.7. The number of anilines is 2. The number of ether oxygens (including phenoxy) is 1. The van der Waals surface area contributed by atoms with Gasteiger partial charge in [0.2, 0.25) is 11.9 Å². The first-order valence-corrected chi connectivity index (χ1v) is 11.5. The fourth-order valence-electron chi connectivity index (χ4n) is 4.07. The van der Waals surface area contributed by atoms with Crippen molar-refractivity contribution in [3.8, 4) is 5.75 Å². The second kappa shape index (κ2) is 10.5. The topological polar surface area (TPSA) is 70.6 Å². The summed E-state index contributed by atoms with van der Waals surface area (Å²) in [6, 6.07) is 11.1. The lowest BCUT2D eigenvalue weighted by Crippen LogP contribution is -2.30. The lowest BCUT2D eigenvalue weighted by molar-refractivity contribution is -0.274. The van der Waals surface area contributed by atoms with Crippen LogP contribution in [-0.4, -0.2) is 60.4 Å². The zero-order chi connectivity index (χ0) is 25.0. The van der Waals surface area contributed by atoms with Gasteiger partial charge in [-0.15, -0.1) is 13.2 Å². The first kappa shape index (κ1) is 24.7. The predicted octanol–water partition coefficient (Wildman–Crippen LogP) is 4.55. The van der Waals surface area contributed by atoms with Crippen molar-refractivity contribution in [1.29, 1.82) is 0 Å². The van der Waals surface area contributed by atoms with E-state index in [0.717, 1.165) is 60.7 Å². The molecule has 1 aliphatic heterocycles. The van der Waals surface area contributed by atoms with E-state index in [-0.39, 0.29) is 18.1 Å². The van der Waals surface area contributed by atoms with E-state index in [1.807, 2.05) is 25.1 Å². The van der Waals surface area contributed by atoms with Gasteiger partial charge < -0.3 is 19.9 Å². The highest BCUT2D eigenvalue weighted by molar-refractivity contribution is 5.94. The van der Waals surface area contributed by atoms with Crippen LogP contribution in [0.2, 0.25) is 0 Å². The first-order valence-electron chi connectivity index (χ1n) is 11.5. The summed E-state index contributed by atoms with van der Waals surface area (Å²) in [6.45, 7) is 5.77. The van der Waals surface area contributed by atoms with Crippen LogP contribution in [0.3, 0.4) is 0 Å². The largest absolute Gasteiger partial charge is 0.573 e. The van der Waals surface area contributed by atoms with Crippen LogP contribution < -0.4 is 15.0 Å². The highest BCUT2D eigenvalue weighted by Gasteiger charge is 2.30. The number of aromatic nitrogens is 2. The Bertz CT molecular complexity index is 1180. The molecule has 0 radical (unpaired) electrons. The summed E-state index contributed by atoms with van der Waals surface area (Å²) in [5, 5.41) is 3.76. The summed E-state index contributed by atoms with van der Waals surface area (Å²) in [6.07, 6.45) is -3.08. The molecule has 2 aromatic carbocycles. The Morgan fingerprint density at radius 3 is 2.57 bits per heavy atom. The lowest BCUT2D eigenvalue weighted by Gasteiger charge is -2.21. The van der Waals surface area contributed by atoms with E-state index < -0.39 is 6.36 Å². The van der Waals surface area contributed by atoms with Gasteiger partial charge in [-0.2, -0.15) is 0 Å². The number of aryl methyl sites for hydroxylation is 2. The minimum absolute atomic E-state index is 0.190. The molecule has 35 heavy (non-hydrogen) atoms. The summed E-state index contributed by atoms with van der Waals surface area (Å²) in [5.74, 6) is 0.253. The summed E-state index contributed by atoms with van der Waals surface area (Å²) in [4.78, 5) is 26.5. The molecule has 0 aliphatic carbocycles. The van der Waals surface area contributed by atoms with Gasteiger partial charge in [-0.3, -0.25) is 4.79 Å². The van der Waals surface area contributed by atoms with E-state index in [2.05, 4.69) is 26.9 Å². The Balaban J connectivity index is 1.37. The number of halogens is 3. The number of hydrogen-bond donors (Lipinski definition) is 1. The Labute approximate surface area is 201 Å². The van der Waals surface area contributed by atoms with Gasteiger partial charge in [0.05, 0.1) is 11.2 Å². The van der Waals surface area contributed by atoms with Gasteiger partial charge in [0, 0.05) is 37.1 Å². The molecule has 3 aromatic rings. The molecule has 1 aliphatic rings. The molecule has 10 heteroatoms. The Morgan fingerprint density at radius 2 is 1.83 bits per heavy atom. The number of rotatable bonds is 6. The van der Waals surface area contributed by atoms with Crippen LogP contribution in [0.5, 0.6) is 5.75 Å². The normalized spacial score (nSPS) is 15.2. The average molecular weight is 488 g/mol. The third-order valence-electron chi connectivity index (χ3n) is 5.96. The molecule has 2 heterocycles. The van der Waals surface area contributed by atoms with E-state index >= 15 is 0 Å². The molecule has 7 nitrogen and oxygen atoms in total. The zero-order valence-corrected chi connectivity index (χ0v) is 19.7. The Morgan fingerprint density at radius 1 is 1.06 bits per heavy atom. The second-order valence-corrected chi connectivity index (χ2v) is 8.72. The van der Waals surface area contributed by atoms with Crippen molar-refractivity contribution < 1.29 is 22.7 Å². The van der Waals surface area contributed by atoms with Crippen molar-refractivity contribution in [3.63, 3.8) is 0 Å². The van der Waals surface area contributed by atoms with E-state index in [0.29, 0.717) is 12.1 Å². The number of amides is 1. The third-order valence-corrected chi connectivity index (χ3v) is 5.96. The number of carbonyl (C=O) groups is 1. The highest BCUT2D eigenvalue weighted by atomic mass is 19.4. The summed E-state index contributed by atoms with van der Waals surface area (Å²) >= 11 is 0. The molecule has 0 spiro atoms. The Kier molecular flexibility index (Phi) is 7.39. The number of hydrogen-bond acceptors (Lipinski definition) is 6. The van der Waals surface area contributed by atoms with Crippen LogP contribution in [-0.2, 0) is 11.2 Å². The number of likely N-dealkylation sites (N-methyl/N-ethyl adjacent to an activating group) is 1. The number of fused-ring (bicyclic) bond motifs is 1. The maximum Gasteiger partial charge on any atom is 0.573 e. The van der Waals surface area contributed by atoms with Gasteiger partial charge in [-0.25, -0.2) is 9.97 Å². The van der Waals surface area contributed by atoms with E-state index in [1.54, 1.807) is 0 Å². The smallest absolute Gasteiger partial charge is 0.406 e. The summed E-state index contributed by atoms with van der Waals surface area (Å²) in [5.41, 5.74) is 3.06. The van der Waals surface area contributed by atoms with Crippen LogP contribution in [0.1, 0.15) is 24.1 Å². The SMILES string of the molecule is Cc1nc(N2CCCN(C)CC2)nc2ccc(NC(=O)CCc3ccc(OC(F)(F)F)cc3)cc12. The molecule has 1 saturated heterocycles. The third kappa shape index (κ3) is 6.82. The molecular formula is C25H28F3N5O2. The number of benzene rings is 2. The van der Waals surface area contributed by atoms with Gasteiger partial charge in [0.25, 0.3) is 0 Å². The number of carbonyl (C=O) groups excluding carboxylic acids is 1. The maximum atomic E-state index is 12.5. The van der Waals surface area contributed by atoms with E-state index in [1.165, 1.54) is 24.3 Å². The highest BCUT2D eigenvalue weighted by Crippen LogP contribution is 2.25. The number of nitrogens with zero attached hydrogens (tertiary/aromatic N) is 4. The van der Waals surface area contributed by atoms with Crippen LogP contribution in [0.15, 0.2) is 42.5 Å². The molecule has 0 unspecified atom stereocenters. The van der Waals surface area contributed by atoms with Crippen LogP contribution >= 0.6 is 0 Å². The molecule has 0 bridgehead atoms. The molecule has 186 valence electrons. The molecular weight excluding hydrogens is 459 g/mol. The standard InChI is InChI=1S/C25H28F3N5O2/c1-17-21-16-19(7-10-22(21)31-24(29-17)33-13-3-12-32(2)14-15-33)30-23(34)11-6-18-4-8-20(9-5-18)35-25(26,27)28/h4-5,7-10,16H,3,6,11-15H2,1-2H3,(H,30,34). The van der Waals surface area contributed by atoms with Gasteiger partial charge in [0.15, 0.2) is 0 Å². The van der Waals surface area contributed by atoms with Gasteiger partial charge >= 0.3 is 6.36 Å². The summed E-state index contributed by atoms with van der Waals surface area (Å²) in [7, 11) is 2.12. The molecule has 0 saturated carbocycles.